The summed E-state index contributed by atoms with van der Waals surface area (Å²) in [5, 5.41) is 0. The van der Waals surface area contributed by atoms with Crippen LogP contribution in [0.1, 0.15) is 67.5 Å². The quantitative estimate of drug-likeness (QED) is 0.492. The molecule has 2 aliphatic rings. The lowest BCUT2D eigenvalue weighted by molar-refractivity contribution is 0.283. The number of aromatic nitrogens is 1. The van der Waals surface area contributed by atoms with Crippen molar-refractivity contribution < 1.29 is 0 Å². The Morgan fingerprint density at radius 3 is 2.62 bits per heavy atom. The number of para-hydroxylation sites is 1. The van der Waals surface area contributed by atoms with Crippen LogP contribution in [-0.4, -0.2) is 4.57 Å². The van der Waals surface area contributed by atoms with Gasteiger partial charge in [-0.25, -0.2) is 0 Å². The summed E-state index contributed by atoms with van der Waals surface area (Å²) in [5.74, 6) is 0. The van der Waals surface area contributed by atoms with Gasteiger partial charge in [0.05, 0.1) is 21.8 Å². The number of nitrogens with zero attached hydrogens (tertiary/aromatic N) is 2. The van der Waals surface area contributed by atoms with E-state index >= 15 is 0 Å². The summed E-state index contributed by atoms with van der Waals surface area (Å²) in [6, 6.07) is 11.8. The normalized spacial score (nSPS) is 21.7. The predicted molar refractivity (Wildman–Crippen MR) is 112 cm³/mol. The number of thiophene rings is 1. The summed E-state index contributed by atoms with van der Waals surface area (Å²) in [6.45, 7) is 4.65. The van der Waals surface area contributed by atoms with Crippen molar-refractivity contribution in [2.45, 2.75) is 64.0 Å². The molecule has 0 bridgehead atoms. The van der Waals surface area contributed by atoms with Gasteiger partial charge in [-0.15, -0.1) is 11.3 Å². The molecule has 136 valence electrons. The van der Waals surface area contributed by atoms with E-state index in [1.807, 2.05) is 0 Å². The Hall–Kier alpha value is -1.74. The fraction of sp³-hybridized carbons (Fsp3) is 0.478. The monoisotopic (exact) mass is 364 g/mol. The standard InChI is InChI=1S/C23H28N2S/c1-4-17-20-21-19(12-15-24(21)3)26-22(20)23(13-8-5-9-14-23)25(17)18-11-7-6-10-16(18)2/h6-7,10-12,15,17H,4-5,8-9,13-14H2,1-3H3. The van der Waals surface area contributed by atoms with Crippen LogP contribution in [0.3, 0.4) is 0 Å². The molecule has 1 aromatic carbocycles. The second-order valence-electron chi connectivity index (χ2n) is 8.16. The molecule has 1 fully saturated rings. The summed E-state index contributed by atoms with van der Waals surface area (Å²) in [5.41, 5.74) is 6.19. The van der Waals surface area contributed by atoms with Crippen molar-refractivity contribution in [2.24, 2.45) is 7.05 Å². The van der Waals surface area contributed by atoms with Crippen LogP contribution in [0.25, 0.3) is 10.2 Å². The van der Waals surface area contributed by atoms with E-state index in [1.165, 1.54) is 60.0 Å². The van der Waals surface area contributed by atoms with Gasteiger partial charge in [0, 0.05) is 29.4 Å². The molecule has 2 aromatic heterocycles. The molecule has 26 heavy (non-hydrogen) atoms. The fourth-order valence-corrected chi connectivity index (χ4v) is 7.13. The highest BCUT2D eigenvalue weighted by Crippen LogP contribution is 2.60. The molecule has 5 rings (SSSR count). The molecule has 3 heterocycles. The van der Waals surface area contributed by atoms with Gasteiger partial charge in [-0.05, 0) is 43.9 Å². The highest BCUT2D eigenvalue weighted by Gasteiger charge is 2.52. The first-order valence-electron chi connectivity index (χ1n) is 10.1. The largest absolute Gasteiger partial charge is 0.354 e. The highest BCUT2D eigenvalue weighted by molar-refractivity contribution is 7.19. The van der Waals surface area contributed by atoms with Crippen molar-refractivity contribution in [1.29, 1.82) is 0 Å². The third-order valence-corrected chi connectivity index (χ3v) is 8.07. The van der Waals surface area contributed by atoms with E-state index in [2.05, 4.69) is 78.2 Å². The lowest BCUT2D eigenvalue weighted by Crippen LogP contribution is -2.44. The van der Waals surface area contributed by atoms with Gasteiger partial charge < -0.3 is 9.47 Å². The Bertz CT molecular complexity index is 958. The second kappa shape index (κ2) is 5.88. The Morgan fingerprint density at radius 2 is 1.88 bits per heavy atom. The third kappa shape index (κ3) is 2.04. The van der Waals surface area contributed by atoms with Crippen molar-refractivity contribution in [2.75, 3.05) is 4.90 Å². The molecule has 1 aliphatic heterocycles. The van der Waals surface area contributed by atoms with Crippen LogP contribution < -0.4 is 4.90 Å². The van der Waals surface area contributed by atoms with Crippen molar-refractivity contribution in [3.05, 3.63) is 52.5 Å². The maximum Gasteiger partial charge on any atom is 0.0757 e. The SMILES string of the molecule is CCC1c2c(sc3ccn(C)c23)C2(CCCCC2)N1c1ccccc1C. The fourth-order valence-electron chi connectivity index (χ4n) is 5.60. The zero-order chi connectivity index (χ0) is 17.9. The van der Waals surface area contributed by atoms with E-state index < -0.39 is 0 Å². The van der Waals surface area contributed by atoms with Gasteiger partial charge in [-0.1, -0.05) is 44.4 Å². The van der Waals surface area contributed by atoms with Gasteiger partial charge in [-0.3, -0.25) is 0 Å². The summed E-state index contributed by atoms with van der Waals surface area (Å²) < 4.78 is 3.83. The van der Waals surface area contributed by atoms with Crippen molar-refractivity contribution in [1.82, 2.24) is 4.57 Å². The number of anilines is 1. The predicted octanol–water partition coefficient (Wildman–Crippen LogP) is 6.68. The molecule has 3 heteroatoms. The van der Waals surface area contributed by atoms with E-state index in [-0.39, 0.29) is 5.54 Å². The smallest absolute Gasteiger partial charge is 0.0757 e. The molecule has 1 spiro atoms. The summed E-state index contributed by atoms with van der Waals surface area (Å²) in [4.78, 5) is 4.52. The first-order valence-corrected chi connectivity index (χ1v) is 10.9. The number of hydrogen-bond donors (Lipinski definition) is 0. The zero-order valence-electron chi connectivity index (χ0n) is 16.1. The Morgan fingerprint density at radius 1 is 1.12 bits per heavy atom. The van der Waals surface area contributed by atoms with Crippen molar-refractivity contribution in [3.8, 4) is 0 Å². The topological polar surface area (TPSA) is 8.17 Å². The number of benzene rings is 1. The second-order valence-corrected chi connectivity index (χ2v) is 9.21. The molecule has 0 radical (unpaired) electrons. The Kier molecular flexibility index (Phi) is 3.72. The molecule has 1 saturated carbocycles. The van der Waals surface area contributed by atoms with E-state index in [1.54, 1.807) is 10.4 Å². The van der Waals surface area contributed by atoms with Crippen molar-refractivity contribution in [3.63, 3.8) is 0 Å². The van der Waals surface area contributed by atoms with E-state index in [4.69, 9.17) is 0 Å². The van der Waals surface area contributed by atoms with Crippen LogP contribution in [0.4, 0.5) is 5.69 Å². The molecular weight excluding hydrogens is 336 g/mol. The lowest BCUT2D eigenvalue weighted by atomic mass is 9.80. The van der Waals surface area contributed by atoms with Crippen LogP contribution >= 0.6 is 11.3 Å². The Labute approximate surface area is 160 Å². The van der Waals surface area contributed by atoms with Gasteiger partial charge >= 0.3 is 0 Å². The molecule has 0 saturated heterocycles. The average Bonchev–Trinajstić information content (AvgIpc) is 3.28. The number of aryl methyl sites for hydroxylation is 2. The maximum absolute atomic E-state index is 2.84. The van der Waals surface area contributed by atoms with E-state index in [0.29, 0.717) is 6.04 Å². The molecule has 0 amide bonds. The van der Waals surface area contributed by atoms with E-state index in [9.17, 15) is 0 Å². The van der Waals surface area contributed by atoms with Crippen LogP contribution in [-0.2, 0) is 12.6 Å². The van der Waals surface area contributed by atoms with E-state index in [0.717, 1.165) is 0 Å². The number of hydrogen-bond acceptors (Lipinski definition) is 2. The molecule has 1 aliphatic carbocycles. The molecule has 1 unspecified atom stereocenters. The minimum absolute atomic E-state index is 0.212. The molecule has 2 nitrogen and oxygen atoms in total. The summed E-state index contributed by atoms with van der Waals surface area (Å²) >= 11 is 2.07. The minimum Gasteiger partial charge on any atom is -0.354 e. The molecule has 1 atom stereocenters. The van der Waals surface area contributed by atoms with Gasteiger partial charge in [0.15, 0.2) is 0 Å². The molecule has 3 aromatic rings. The average molecular weight is 365 g/mol. The van der Waals surface area contributed by atoms with Crippen LogP contribution in [0.5, 0.6) is 0 Å². The van der Waals surface area contributed by atoms with Crippen LogP contribution in [0.15, 0.2) is 36.5 Å². The third-order valence-electron chi connectivity index (χ3n) is 6.72. The lowest BCUT2D eigenvalue weighted by Gasteiger charge is -2.46. The first-order chi connectivity index (χ1) is 12.7. The van der Waals surface area contributed by atoms with Crippen LogP contribution in [0.2, 0.25) is 0 Å². The maximum atomic E-state index is 2.84. The number of rotatable bonds is 2. The van der Waals surface area contributed by atoms with Gasteiger partial charge in [-0.2, -0.15) is 0 Å². The van der Waals surface area contributed by atoms with Gasteiger partial charge in [0.1, 0.15) is 0 Å². The summed E-state index contributed by atoms with van der Waals surface area (Å²) in [7, 11) is 2.21. The minimum atomic E-state index is 0.212. The van der Waals surface area contributed by atoms with Crippen molar-refractivity contribution >= 4 is 27.2 Å². The van der Waals surface area contributed by atoms with Gasteiger partial charge in [0.25, 0.3) is 0 Å². The highest BCUT2D eigenvalue weighted by atomic mass is 32.1. The Balaban J connectivity index is 1.80. The molecule has 0 N–H and O–H groups in total. The number of fused-ring (bicyclic) bond motifs is 4. The van der Waals surface area contributed by atoms with Crippen LogP contribution in [0, 0.1) is 6.92 Å². The zero-order valence-corrected chi connectivity index (χ0v) is 16.9. The molecular formula is C23H28N2S. The first kappa shape index (κ1) is 16.4. The summed E-state index contributed by atoms with van der Waals surface area (Å²) in [6.07, 6.45) is 10.1. The van der Waals surface area contributed by atoms with Gasteiger partial charge in [0.2, 0.25) is 0 Å².